The number of para-hydroxylation sites is 1. The quantitative estimate of drug-likeness (QED) is 0.298. The summed E-state index contributed by atoms with van der Waals surface area (Å²) in [4.78, 5) is 4.50. The fourth-order valence-electron chi connectivity index (χ4n) is 2.65. The number of aliphatic imine (C=N–C) groups is 1. The third kappa shape index (κ3) is 7.68. The average Bonchev–Trinajstić information content (AvgIpc) is 2.46. The summed E-state index contributed by atoms with van der Waals surface area (Å²) in [5.41, 5.74) is 6.34. The van der Waals surface area contributed by atoms with Gasteiger partial charge in [-0.15, -0.1) is 0 Å². The van der Waals surface area contributed by atoms with E-state index in [1.165, 1.54) is 16.7 Å². The molecule has 0 heterocycles. The SMILES string of the molecule is Cc1cc(C)c(C=Nc2cccc(C(C)C)c2O)c(C)c1.[Br][Ti]([Br])[Br]. The Hall–Kier alpha value is 0.0643. The van der Waals surface area contributed by atoms with Crippen molar-refractivity contribution < 1.29 is 16.7 Å². The summed E-state index contributed by atoms with van der Waals surface area (Å²) in [5, 5.41) is 10.3. The number of benzene rings is 2. The van der Waals surface area contributed by atoms with E-state index in [2.05, 4.69) is 91.2 Å². The predicted octanol–water partition coefficient (Wildman–Crippen LogP) is 7.73. The number of aryl methyl sites for hydroxylation is 3. The minimum atomic E-state index is -0.896. The molecule has 0 fully saturated rings. The summed E-state index contributed by atoms with van der Waals surface area (Å²) in [7, 11) is 0. The molecule has 1 N–H and O–H groups in total. The maximum absolute atomic E-state index is 10.3. The molecule has 2 nitrogen and oxygen atoms in total. The van der Waals surface area contributed by atoms with Crippen LogP contribution >= 0.6 is 39.5 Å². The fourth-order valence-corrected chi connectivity index (χ4v) is 2.65. The fraction of sp³-hybridized carbons (Fsp3) is 0.316. The van der Waals surface area contributed by atoms with Crippen LogP contribution in [0, 0.1) is 20.8 Å². The second-order valence-corrected chi connectivity index (χ2v) is 29.8. The molecule has 0 amide bonds. The van der Waals surface area contributed by atoms with E-state index in [0.29, 0.717) is 5.69 Å². The molecule has 0 spiro atoms. The van der Waals surface area contributed by atoms with Crippen LogP contribution in [0.4, 0.5) is 5.69 Å². The summed E-state index contributed by atoms with van der Waals surface area (Å²) in [6, 6.07) is 10.0. The first-order valence-electron chi connectivity index (χ1n) is 7.90. The second kappa shape index (κ2) is 11.0. The van der Waals surface area contributed by atoms with Crippen molar-refractivity contribution in [1.82, 2.24) is 0 Å². The number of phenols is 1. The van der Waals surface area contributed by atoms with Crippen LogP contribution in [0.3, 0.4) is 0 Å². The first-order chi connectivity index (χ1) is 11.6. The van der Waals surface area contributed by atoms with E-state index in [9.17, 15) is 5.11 Å². The summed E-state index contributed by atoms with van der Waals surface area (Å²) in [6.07, 6.45) is 1.85. The molecular weight excluding hydrogens is 546 g/mol. The van der Waals surface area contributed by atoms with Crippen LogP contribution in [0.1, 0.15) is 47.6 Å². The molecule has 2 aromatic rings. The average molecular weight is 569 g/mol. The van der Waals surface area contributed by atoms with Gasteiger partial charge in [-0.25, -0.2) is 0 Å². The molecule has 135 valence electrons. The Morgan fingerprint density at radius 2 is 1.56 bits per heavy atom. The Labute approximate surface area is 176 Å². The zero-order chi connectivity index (χ0) is 19.1. The molecule has 0 aromatic heterocycles. The Morgan fingerprint density at radius 3 is 2.04 bits per heavy atom. The topological polar surface area (TPSA) is 32.6 Å². The van der Waals surface area contributed by atoms with Gasteiger partial charge in [0, 0.05) is 6.21 Å². The van der Waals surface area contributed by atoms with Crippen molar-refractivity contribution in [2.75, 3.05) is 0 Å². The van der Waals surface area contributed by atoms with E-state index in [1.807, 2.05) is 24.4 Å². The van der Waals surface area contributed by atoms with E-state index in [1.54, 1.807) is 0 Å². The van der Waals surface area contributed by atoms with Gasteiger partial charge in [-0.2, -0.15) is 0 Å². The molecule has 25 heavy (non-hydrogen) atoms. The zero-order valence-electron chi connectivity index (χ0n) is 15.1. The normalized spacial score (nSPS) is 10.8. The van der Waals surface area contributed by atoms with E-state index < -0.39 is 11.6 Å². The van der Waals surface area contributed by atoms with Gasteiger partial charge < -0.3 is 5.11 Å². The van der Waals surface area contributed by atoms with Crippen LogP contribution in [-0.2, 0) is 11.6 Å². The standard InChI is InChI=1S/C19H23NO.3BrH.Ti/c1-12(2)16-7-6-8-18(19(16)21)20-11-17-14(4)9-13(3)10-15(17)5;;;;/h6-12,21H,1-5H3;3*1H;/q;;;;+3/p-3. The third-order valence-electron chi connectivity index (χ3n) is 3.74. The molecule has 0 radical (unpaired) electrons. The molecule has 6 heteroatoms. The number of rotatable bonds is 3. The van der Waals surface area contributed by atoms with Crippen molar-refractivity contribution in [2.24, 2.45) is 4.99 Å². The van der Waals surface area contributed by atoms with Gasteiger partial charge in [0.05, 0.1) is 0 Å². The van der Waals surface area contributed by atoms with Crippen molar-refractivity contribution >= 4 is 51.4 Å². The molecule has 0 saturated carbocycles. The van der Waals surface area contributed by atoms with Crippen LogP contribution < -0.4 is 0 Å². The summed E-state index contributed by atoms with van der Waals surface area (Å²) in [5.74, 6) is 0.564. The van der Waals surface area contributed by atoms with E-state index in [0.717, 1.165) is 11.1 Å². The molecule has 0 aliphatic carbocycles. The minimum absolute atomic E-state index is 0.281. The van der Waals surface area contributed by atoms with E-state index in [4.69, 9.17) is 0 Å². The Balaban J connectivity index is 0.000000705. The van der Waals surface area contributed by atoms with Crippen molar-refractivity contribution in [3.63, 3.8) is 0 Å². The number of phenolic OH excluding ortho intramolecular Hbond substituents is 1. The van der Waals surface area contributed by atoms with Gasteiger partial charge in [-0.05, 0) is 55.0 Å². The molecule has 0 atom stereocenters. The molecule has 0 bridgehead atoms. The molecule has 2 aromatic carbocycles. The third-order valence-corrected chi connectivity index (χ3v) is 3.74. The van der Waals surface area contributed by atoms with Crippen LogP contribution in [0.5, 0.6) is 5.75 Å². The van der Waals surface area contributed by atoms with Crippen molar-refractivity contribution in [2.45, 2.75) is 40.5 Å². The molecule has 0 aliphatic heterocycles. The van der Waals surface area contributed by atoms with Gasteiger partial charge in [0.15, 0.2) is 0 Å². The Morgan fingerprint density at radius 1 is 1.04 bits per heavy atom. The number of halogens is 3. The van der Waals surface area contributed by atoms with Crippen LogP contribution in [0.2, 0.25) is 0 Å². The molecule has 0 unspecified atom stereocenters. The number of hydrogen-bond donors (Lipinski definition) is 1. The van der Waals surface area contributed by atoms with Gasteiger partial charge in [0.1, 0.15) is 11.4 Å². The van der Waals surface area contributed by atoms with Crippen molar-refractivity contribution in [1.29, 1.82) is 0 Å². The Bertz CT molecular complexity index is 720. The molecule has 0 saturated heterocycles. The first kappa shape index (κ1) is 23.1. The Kier molecular flexibility index (Phi) is 10.2. The second-order valence-electron chi connectivity index (χ2n) is 6.15. The zero-order valence-corrected chi connectivity index (χ0v) is 21.4. The summed E-state index contributed by atoms with van der Waals surface area (Å²) in [6.45, 7) is 10.4. The maximum atomic E-state index is 10.3. The van der Waals surface area contributed by atoms with Crippen molar-refractivity contribution in [3.05, 3.63) is 58.1 Å². The monoisotopic (exact) mass is 566 g/mol. The summed E-state index contributed by atoms with van der Waals surface area (Å²) < 4.78 is 0. The predicted molar refractivity (Wildman–Crippen MR) is 117 cm³/mol. The van der Waals surface area contributed by atoms with E-state index >= 15 is 0 Å². The molecule has 2 rings (SSSR count). The van der Waals surface area contributed by atoms with E-state index in [-0.39, 0.29) is 11.7 Å². The van der Waals surface area contributed by atoms with Gasteiger partial charge in [0.25, 0.3) is 0 Å². The number of hydrogen-bond acceptors (Lipinski definition) is 2. The van der Waals surface area contributed by atoms with Crippen LogP contribution in [0.25, 0.3) is 0 Å². The van der Waals surface area contributed by atoms with Gasteiger partial charge >= 0.3 is 51.1 Å². The molecular formula is C19H23Br3NOTi. The van der Waals surface area contributed by atoms with Crippen molar-refractivity contribution in [3.8, 4) is 5.75 Å². The number of nitrogens with zero attached hydrogens (tertiary/aromatic N) is 1. The van der Waals surface area contributed by atoms with Gasteiger partial charge in [-0.3, -0.25) is 4.99 Å². The van der Waals surface area contributed by atoms with Crippen LogP contribution in [-0.4, -0.2) is 11.3 Å². The first-order valence-corrected chi connectivity index (χ1v) is 19.5. The number of aromatic hydroxyl groups is 1. The van der Waals surface area contributed by atoms with Gasteiger partial charge in [0.2, 0.25) is 0 Å². The van der Waals surface area contributed by atoms with Crippen LogP contribution in [0.15, 0.2) is 35.3 Å². The summed E-state index contributed by atoms with van der Waals surface area (Å²) >= 11 is 8.92. The van der Waals surface area contributed by atoms with Gasteiger partial charge in [-0.1, -0.05) is 43.7 Å². The molecule has 0 aliphatic rings.